The number of carbonyl (C=O) groups is 1. The number of benzene rings is 1. The first-order valence-electron chi connectivity index (χ1n) is 8.10. The van der Waals surface area contributed by atoms with E-state index < -0.39 is 0 Å². The minimum atomic E-state index is -0.250. The number of hydrogen-bond donors (Lipinski definition) is 1. The summed E-state index contributed by atoms with van der Waals surface area (Å²) in [5.74, 6) is 0.261. The molecule has 0 aliphatic carbocycles. The monoisotopic (exact) mass is 337 g/mol. The Hall–Kier alpha value is -3.15. The second-order valence-corrected chi connectivity index (χ2v) is 5.68. The molecule has 0 fully saturated rings. The Bertz CT molecular complexity index is 886. The quantitative estimate of drug-likeness (QED) is 0.749. The zero-order valence-electron chi connectivity index (χ0n) is 13.9. The highest BCUT2D eigenvalue weighted by Gasteiger charge is 2.14. The van der Waals surface area contributed by atoms with Gasteiger partial charge in [-0.15, -0.1) is 0 Å². The molecule has 0 saturated carbocycles. The first kappa shape index (κ1) is 16.7. The number of rotatable bonds is 6. The average molecular weight is 337 g/mol. The molecule has 1 amide bonds. The van der Waals surface area contributed by atoms with E-state index >= 15 is 0 Å². The molecule has 3 rings (SSSR count). The first-order valence-corrected chi connectivity index (χ1v) is 8.10. The highest BCUT2D eigenvalue weighted by Crippen LogP contribution is 2.15. The van der Waals surface area contributed by atoms with E-state index in [0.717, 1.165) is 5.56 Å². The predicted molar refractivity (Wildman–Crippen MR) is 94.1 cm³/mol. The molecule has 2 aromatic heterocycles. The van der Waals surface area contributed by atoms with Gasteiger partial charge in [0, 0.05) is 12.6 Å². The highest BCUT2D eigenvalue weighted by molar-refractivity contribution is 5.83. The van der Waals surface area contributed by atoms with Crippen LogP contribution in [0.3, 0.4) is 0 Å². The summed E-state index contributed by atoms with van der Waals surface area (Å²) in [6.07, 6.45) is 1.55. The Morgan fingerprint density at radius 2 is 1.96 bits per heavy atom. The highest BCUT2D eigenvalue weighted by atomic mass is 16.3. The summed E-state index contributed by atoms with van der Waals surface area (Å²) < 4.78 is 6.61. The van der Waals surface area contributed by atoms with Crippen LogP contribution >= 0.6 is 0 Å². The van der Waals surface area contributed by atoms with Crippen molar-refractivity contribution < 1.29 is 9.21 Å². The van der Waals surface area contributed by atoms with Gasteiger partial charge in [0.15, 0.2) is 5.76 Å². The molecule has 0 aliphatic rings. The molecule has 25 heavy (non-hydrogen) atoms. The van der Waals surface area contributed by atoms with Crippen LogP contribution in [0.5, 0.6) is 0 Å². The second-order valence-electron chi connectivity index (χ2n) is 5.68. The lowest BCUT2D eigenvalue weighted by molar-refractivity contribution is -0.122. The molecule has 0 spiro atoms. The molecule has 0 radical (unpaired) electrons. The average Bonchev–Trinajstić information content (AvgIpc) is 3.18. The lowest BCUT2D eigenvalue weighted by Crippen LogP contribution is -2.34. The van der Waals surface area contributed by atoms with Gasteiger partial charge in [-0.05, 0) is 30.7 Å². The fourth-order valence-corrected chi connectivity index (χ4v) is 2.50. The molecule has 3 aromatic rings. The minimum absolute atomic E-state index is 0.0820. The molecule has 0 aliphatic heterocycles. The van der Waals surface area contributed by atoms with Crippen molar-refractivity contribution in [3.63, 3.8) is 0 Å². The number of amides is 1. The van der Waals surface area contributed by atoms with Gasteiger partial charge in [0.2, 0.25) is 5.91 Å². The molecule has 2 heterocycles. The van der Waals surface area contributed by atoms with E-state index in [4.69, 9.17) is 4.42 Å². The van der Waals surface area contributed by atoms with Crippen molar-refractivity contribution in [1.29, 1.82) is 0 Å². The number of hydrogen-bond acceptors (Lipinski definition) is 4. The minimum Gasteiger partial charge on any atom is -0.463 e. The molecule has 0 saturated heterocycles. The van der Waals surface area contributed by atoms with E-state index in [2.05, 4.69) is 10.4 Å². The van der Waals surface area contributed by atoms with Gasteiger partial charge in [-0.1, -0.05) is 30.3 Å². The van der Waals surface area contributed by atoms with Gasteiger partial charge in [0.25, 0.3) is 5.56 Å². The molecular formula is C19H19N3O3. The van der Waals surface area contributed by atoms with Crippen molar-refractivity contribution in [2.45, 2.75) is 19.4 Å². The van der Waals surface area contributed by atoms with Gasteiger partial charge in [-0.2, -0.15) is 5.10 Å². The normalized spacial score (nSPS) is 11.9. The summed E-state index contributed by atoms with van der Waals surface area (Å²) in [7, 11) is 0. The summed E-state index contributed by atoms with van der Waals surface area (Å²) in [6, 6.07) is 16.2. The van der Waals surface area contributed by atoms with Crippen LogP contribution in [0.15, 0.2) is 70.1 Å². The Morgan fingerprint density at radius 3 is 2.68 bits per heavy atom. The molecule has 128 valence electrons. The van der Waals surface area contributed by atoms with Crippen LogP contribution in [0, 0.1) is 0 Å². The lowest BCUT2D eigenvalue weighted by Gasteiger charge is -2.13. The third-order valence-corrected chi connectivity index (χ3v) is 3.96. The fourth-order valence-electron chi connectivity index (χ4n) is 2.50. The number of aromatic nitrogens is 2. The van der Waals surface area contributed by atoms with Crippen LogP contribution in [0.1, 0.15) is 18.4 Å². The Labute approximate surface area is 145 Å². The van der Waals surface area contributed by atoms with Gasteiger partial charge in [-0.3, -0.25) is 9.59 Å². The maximum atomic E-state index is 12.2. The number of nitrogens with one attached hydrogen (secondary N) is 1. The largest absolute Gasteiger partial charge is 0.463 e. The summed E-state index contributed by atoms with van der Waals surface area (Å²) in [4.78, 5) is 24.2. The SMILES string of the molecule is C[C@H](C(=O)NCCn1nc(-c2ccco2)ccc1=O)c1ccccc1. The Morgan fingerprint density at radius 1 is 1.16 bits per heavy atom. The van der Waals surface area contributed by atoms with Crippen molar-refractivity contribution in [2.24, 2.45) is 0 Å². The van der Waals surface area contributed by atoms with Gasteiger partial charge < -0.3 is 9.73 Å². The topological polar surface area (TPSA) is 77.1 Å². The van der Waals surface area contributed by atoms with Gasteiger partial charge in [0.1, 0.15) is 5.69 Å². The van der Waals surface area contributed by atoms with Crippen LogP contribution in [0.2, 0.25) is 0 Å². The third-order valence-electron chi connectivity index (χ3n) is 3.96. The molecular weight excluding hydrogens is 318 g/mol. The zero-order valence-corrected chi connectivity index (χ0v) is 13.9. The van der Waals surface area contributed by atoms with Crippen LogP contribution in [-0.4, -0.2) is 22.2 Å². The summed E-state index contributed by atoms with van der Waals surface area (Å²) in [6.45, 7) is 2.47. The number of carbonyl (C=O) groups excluding carboxylic acids is 1. The first-order chi connectivity index (χ1) is 12.1. The molecule has 1 atom stereocenters. The standard InChI is InChI=1S/C19H19N3O3/c1-14(15-6-3-2-4-7-15)19(24)20-11-12-22-18(23)10-9-16(21-22)17-8-5-13-25-17/h2-10,13-14H,11-12H2,1H3,(H,20,24)/t14-/m0/s1. The maximum Gasteiger partial charge on any atom is 0.266 e. The van der Waals surface area contributed by atoms with Crippen LogP contribution < -0.4 is 10.9 Å². The Kier molecular flexibility index (Phi) is 5.09. The molecule has 1 N–H and O–H groups in total. The second kappa shape index (κ2) is 7.61. The van der Waals surface area contributed by atoms with Crippen molar-refractivity contribution >= 4 is 5.91 Å². The summed E-state index contributed by atoms with van der Waals surface area (Å²) in [5, 5.41) is 7.12. The van der Waals surface area contributed by atoms with Gasteiger partial charge in [-0.25, -0.2) is 4.68 Å². The van der Waals surface area contributed by atoms with Crippen LogP contribution in [0.4, 0.5) is 0 Å². The fraction of sp³-hybridized carbons (Fsp3) is 0.211. The van der Waals surface area contributed by atoms with Crippen LogP contribution in [0.25, 0.3) is 11.5 Å². The predicted octanol–water partition coefficient (Wildman–Crippen LogP) is 2.42. The van der Waals surface area contributed by atoms with Gasteiger partial charge >= 0.3 is 0 Å². The number of nitrogens with zero attached hydrogens (tertiary/aromatic N) is 2. The van der Waals surface area contributed by atoms with Crippen molar-refractivity contribution in [3.05, 3.63) is 76.8 Å². The van der Waals surface area contributed by atoms with E-state index in [9.17, 15) is 9.59 Å². The van der Waals surface area contributed by atoms with Crippen molar-refractivity contribution in [2.75, 3.05) is 6.54 Å². The van der Waals surface area contributed by atoms with E-state index in [1.807, 2.05) is 37.3 Å². The molecule has 0 unspecified atom stereocenters. The number of furan rings is 1. The van der Waals surface area contributed by atoms with E-state index in [1.54, 1.807) is 24.5 Å². The van der Waals surface area contributed by atoms with Crippen LogP contribution in [-0.2, 0) is 11.3 Å². The van der Waals surface area contributed by atoms with E-state index in [-0.39, 0.29) is 17.4 Å². The van der Waals surface area contributed by atoms with E-state index in [0.29, 0.717) is 24.5 Å². The third kappa shape index (κ3) is 4.03. The molecule has 6 heteroatoms. The molecule has 6 nitrogen and oxygen atoms in total. The van der Waals surface area contributed by atoms with Crippen molar-refractivity contribution in [1.82, 2.24) is 15.1 Å². The smallest absolute Gasteiger partial charge is 0.266 e. The molecule has 1 aromatic carbocycles. The molecule has 0 bridgehead atoms. The van der Waals surface area contributed by atoms with E-state index in [1.165, 1.54) is 10.7 Å². The summed E-state index contributed by atoms with van der Waals surface area (Å²) >= 11 is 0. The lowest BCUT2D eigenvalue weighted by atomic mass is 10.0. The van der Waals surface area contributed by atoms with Crippen molar-refractivity contribution in [3.8, 4) is 11.5 Å². The maximum absolute atomic E-state index is 12.2. The zero-order chi connectivity index (χ0) is 17.6. The summed E-state index contributed by atoms with van der Waals surface area (Å²) in [5.41, 5.74) is 1.31. The Balaban J connectivity index is 1.61. The van der Waals surface area contributed by atoms with Gasteiger partial charge in [0.05, 0.1) is 18.7 Å².